The van der Waals surface area contributed by atoms with Crippen molar-refractivity contribution in [2.24, 2.45) is 17.1 Å². The Morgan fingerprint density at radius 3 is 2.41 bits per heavy atom. The third-order valence-electron chi connectivity index (χ3n) is 4.79. The van der Waals surface area contributed by atoms with Crippen molar-refractivity contribution in [2.45, 2.75) is 64.3 Å². The molecule has 2 aliphatic rings. The summed E-state index contributed by atoms with van der Waals surface area (Å²) in [5.74, 6) is 0.853. The third kappa shape index (κ3) is 2.82. The highest BCUT2D eigenvalue weighted by Crippen LogP contribution is 2.40. The maximum atomic E-state index is 12.2. The molecule has 0 bridgehead atoms. The van der Waals surface area contributed by atoms with Crippen molar-refractivity contribution in [2.75, 3.05) is 6.54 Å². The van der Waals surface area contributed by atoms with E-state index in [0.29, 0.717) is 12.5 Å². The quantitative estimate of drug-likeness (QED) is 0.789. The number of carbonyl (C=O) groups is 1. The molecule has 0 spiro atoms. The predicted octanol–water partition coefficient (Wildman–Crippen LogP) is 2.20. The molecular weight excluding hydrogens is 212 g/mol. The summed E-state index contributed by atoms with van der Waals surface area (Å²) in [7, 11) is 0. The lowest BCUT2D eigenvalue weighted by Crippen LogP contribution is -2.52. The number of hydrogen-bond donors (Lipinski definition) is 2. The molecule has 98 valence electrons. The largest absolute Gasteiger partial charge is 0.351 e. The number of hydrogen-bond acceptors (Lipinski definition) is 2. The summed E-state index contributed by atoms with van der Waals surface area (Å²) in [4.78, 5) is 12.2. The summed E-state index contributed by atoms with van der Waals surface area (Å²) >= 11 is 0. The number of nitrogens with two attached hydrogens (primary N) is 1. The lowest BCUT2D eigenvalue weighted by atomic mass is 9.69. The van der Waals surface area contributed by atoms with Gasteiger partial charge in [0.15, 0.2) is 0 Å². The fourth-order valence-electron chi connectivity index (χ4n) is 3.18. The van der Waals surface area contributed by atoms with E-state index in [1.807, 2.05) is 0 Å². The lowest BCUT2D eigenvalue weighted by Gasteiger charge is -2.39. The van der Waals surface area contributed by atoms with Gasteiger partial charge in [-0.25, -0.2) is 0 Å². The van der Waals surface area contributed by atoms with Gasteiger partial charge in [-0.15, -0.1) is 0 Å². The first-order chi connectivity index (χ1) is 8.15. The van der Waals surface area contributed by atoms with Crippen LogP contribution in [0.1, 0.15) is 58.3 Å². The Hall–Kier alpha value is -0.570. The second-order valence-corrected chi connectivity index (χ2v) is 6.13. The number of rotatable bonds is 4. The minimum atomic E-state index is -0.0952. The van der Waals surface area contributed by atoms with Crippen LogP contribution in [0.3, 0.4) is 0 Å². The Kier molecular flexibility index (Phi) is 4.08. The highest BCUT2D eigenvalue weighted by molar-refractivity contribution is 5.83. The molecule has 2 saturated carbocycles. The average molecular weight is 238 g/mol. The van der Waals surface area contributed by atoms with E-state index in [4.69, 9.17) is 5.73 Å². The van der Waals surface area contributed by atoms with Crippen LogP contribution in [0.25, 0.3) is 0 Å². The van der Waals surface area contributed by atoms with Gasteiger partial charge in [0.2, 0.25) is 5.91 Å². The molecule has 2 rings (SSSR count). The van der Waals surface area contributed by atoms with E-state index in [0.717, 1.165) is 12.8 Å². The molecule has 0 aromatic heterocycles. The Labute approximate surface area is 105 Å². The van der Waals surface area contributed by atoms with Crippen LogP contribution in [0.5, 0.6) is 0 Å². The SMILES string of the molecule is CC1(C(=O)NC(CN)C2CCCCC2)CCC1. The van der Waals surface area contributed by atoms with Gasteiger partial charge in [0.25, 0.3) is 0 Å². The smallest absolute Gasteiger partial charge is 0.226 e. The fourth-order valence-corrected chi connectivity index (χ4v) is 3.18. The molecule has 3 nitrogen and oxygen atoms in total. The summed E-state index contributed by atoms with van der Waals surface area (Å²) in [6, 6.07) is 0.209. The topological polar surface area (TPSA) is 55.1 Å². The zero-order chi connectivity index (χ0) is 12.3. The summed E-state index contributed by atoms with van der Waals surface area (Å²) in [5.41, 5.74) is 5.74. The van der Waals surface area contributed by atoms with E-state index in [2.05, 4.69) is 12.2 Å². The van der Waals surface area contributed by atoms with Gasteiger partial charge < -0.3 is 11.1 Å². The molecule has 3 heteroatoms. The molecule has 0 heterocycles. The van der Waals surface area contributed by atoms with Crippen LogP contribution >= 0.6 is 0 Å². The second-order valence-electron chi connectivity index (χ2n) is 6.13. The van der Waals surface area contributed by atoms with Crippen LogP contribution in [0, 0.1) is 11.3 Å². The van der Waals surface area contributed by atoms with Gasteiger partial charge in [-0.3, -0.25) is 4.79 Å². The van der Waals surface area contributed by atoms with Gasteiger partial charge in [-0.05, 0) is 31.6 Å². The molecule has 1 atom stereocenters. The first-order valence-corrected chi connectivity index (χ1v) is 7.17. The number of carbonyl (C=O) groups excluding carboxylic acids is 1. The second kappa shape index (κ2) is 5.38. The Morgan fingerprint density at radius 2 is 1.94 bits per heavy atom. The van der Waals surface area contributed by atoms with Gasteiger partial charge in [0, 0.05) is 18.0 Å². The van der Waals surface area contributed by atoms with Crippen molar-refractivity contribution >= 4 is 5.91 Å². The van der Waals surface area contributed by atoms with E-state index in [9.17, 15) is 4.79 Å². The van der Waals surface area contributed by atoms with Gasteiger partial charge in [0.05, 0.1) is 0 Å². The number of nitrogens with one attached hydrogen (secondary N) is 1. The van der Waals surface area contributed by atoms with E-state index in [1.165, 1.54) is 38.5 Å². The molecular formula is C14H26N2O. The van der Waals surface area contributed by atoms with E-state index in [1.54, 1.807) is 0 Å². The zero-order valence-electron chi connectivity index (χ0n) is 11.0. The molecule has 2 fully saturated rings. The maximum absolute atomic E-state index is 12.2. The zero-order valence-corrected chi connectivity index (χ0v) is 11.0. The molecule has 1 unspecified atom stereocenters. The van der Waals surface area contributed by atoms with Crippen LogP contribution in [-0.4, -0.2) is 18.5 Å². The summed E-state index contributed by atoms with van der Waals surface area (Å²) < 4.78 is 0. The monoisotopic (exact) mass is 238 g/mol. The van der Waals surface area contributed by atoms with Crippen molar-refractivity contribution in [3.63, 3.8) is 0 Å². The van der Waals surface area contributed by atoms with E-state index >= 15 is 0 Å². The van der Waals surface area contributed by atoms with Crippen LogP contribution in [-0.2, 0) is 4.79 Å². The van der Waals surface area contributed by atoms with Gasteiger partial charge in [-0.2, -0.15) is 0 Å². The highest BCUT2D eigenvalue weighted by Gasteiger charge is 2.40. The minimum absolute atomic E-state index is 0.0952. The van der Waals surface area contributed by atoms with Crippen LogP contribution < -0.4 is 11.1 Å². The molecule has 0 aromatic carbocycles. The first-order valence-electron chi connectivity index (χ1n) is 7.17. The third-order valence-corrected chi connectivity index (χ3v) is 4.79. The van der Waals surface area contributed by atoms with E-state index in [-0.39, 0.29) is 17.4 Å². The molecule has 1 amide bonds. The molecule has 0 aromatic rings. The summed E-state index contributed by atoms with van der Waals surface area (Å²) in [5, 5.41) is 3.21. The Morgan fingerprint density at radius 1 is 1.29 bits per heavy atom. The van der Waals surface area contributed by atoms with Crippen molar-refractivity contribution in [1.82, 2.24) is 5.32 Å². The Balaban J connectivity index is 1.87. The van der Waals surface area contributed by atoms with Crippen molar-refractivity contribution in [3.05, 3.63) is 0 Å². The molecule has 2 aliphatic carbocycles. The summed E-state index contributed by atoms with van der Waals surface area (Å²) in [6.07, 6.45) is 9.70. The van der Waals surface area contributed by atoms with Crippen LogP contribution in [0.2, 0.25) is 0 Å². The van der Waals surface area contributed by atoms with Crippen LogP contribution in [0.4, 0.5) is 0 Å². The van der Waals surface area contributed by atoms with Gasteiger partial charge in [-0.1, -0.05) is 32.6 Å². The van der Waals surface area contributed by atoms with E-state index < -0.39 is 0 Å². The average Bonchev–Trinajstić information content (AvgIpc) is 2.33. The maximum Gasteiger partial charge on any atom is 0.226 e. The minimum Gasteiger partial charge on any atom is -0.351 e. The number of amides is 1. The van der Waals surface area contributed by atoms with Gasteiger partial charge in [0.1, 0.15) is 0 Å². The molecule has 17 heavy (non-hydrogen) atoms. The lowest BCUT2D eigenvalue weighted by molar-refractivity contribution is -0.135. The Bertz CT molecular complexity index is 267. The molecule has 3 N–H and O–H groups in total. The van der Waals surface area contributed by atoms with Crippen molar-refractivity contribution in [1.29, 1.82) is 0 Å². The van der Waals surface area contributed by atoms with Crippen molar-refractivity contribution < 1.29 is 4.79 Å². The normalized spacial score (nSPS) is 26.0. The predicted molar refractivity (Wildman–Crippen MR) is 69.5 cm³/mol. The van der Waals surface area contributed by atoms with Crippen molar-refractivity contribution in [3.8, 4) is 0 Å². The summed E-state index contributed by atoms with van der Waals surface area (Å²) in [6.45, 7) is 2.67. The highest BCUT2D eigenvalue weighted by atomic mass is 16.2. The molecule has 0 aliphatic heterocycles. The molecule has 0 radical (unpaired) electrons. The fraction of sp³-hybridized carbons (Fsp3) is 0.929. The molecule has 0 saturated heterocycles. The first kappa shape index (κ1) is 12.9. The van der Waals surface area contributed by atoms with Gasteiger partial charge >= 0.3 is 0 Å². The standard InChI is InChI=1S/C14H26N2O/c1-14(8-5-9-14)13(17)16-12(10-15)11-6-3-2-4-7-11/h11-12H,2-10,15H2,1H3,(H,16,17). The van der Waals surface area contributed by atoms with Crippen LogP contribution in [0.15, 0.2) is 0 Å².